The van der Waals surface area contributed by atoms with Crippen molar-refractivity contribution in [3.63, 3.8) is 0 Å². The quantitative estimate of drug-likeness (QED) is 0.707. The van der Waals surface area contributed by atoms with Gasteiger partial charge in [-0.3, -0.25) is 9.59 Å². The Hall–Kier alpha value is -2.67. The lowest BCUT2D eigenvalue weighted by Crippen LogP contribution is -2.41. The molecule has 0 saturated carbocycles. The van der Waals surface area contributed by atoms with Gasteiger partial charge >= 0.3 is 5.97 Å². The minimum Gasteiger partial charge on any atom is -0.481 e. The molecule has 2 aromatic rings. The van der Waals surface area contributed by atoms with Gasteiger partial charge in [-0.05, 0) is 17.7 Å². The van der Waals surface area contributed by atoms with Gasteiger partial charge in [0.05, 0.1) is 18.2 Å². The molecule has 1 atom stereocenters. The number of nitrogens with one attached hydrogen (secondary N) is 1. The second kappa shape index (κ2) is 6.67. The number of carbonyl (C=O) groups excluding carboxylic acids is 1. The number of hydrogen-bond acceptors (Lipinski definition) is 4. The summed E-state index contributed by atoms with van der Waals surface area (Å²) in [4.78, 5) is 22.3. The van der Waals surface area contributed by atoms with Crippen molar-refractivity contribution in [1.82, 2.24) is 15.1 Å². The van der Waals surface area contributed by atoms with Gasteiger partial charge in [0.1, 0.15) is 0 Å². The van der Waals surface area contributed by atoms with Crippen LogP contribution in [0.15, 0.2) is 42.7 Å². The molecule has 1 aromatic carbocycles. The van der Waals surface area contributed by atoms with Crippen molar-refractivity contribution in [2.24, 2.45) is 5.73 Å². The van der Waals surface area contributed by atoms with Gasteiger partial charge in [-0.15, -0.1) is 0 Å². The molecule has 21 heavy (non-hydrogen) atoms. The smallest absolute Gasteiger partial charge is 0.305 e. The van der Waals surface area contributed by atoms with Crippen molar-refractivity contribution < 1.29 is 14.7 Å². The average molecular weight is 288 g/mol. The summed E-state index contributed by atoms with van der Waals surface area (Å²) in [6, 6.07) is 8.22. The maximum Gasteiger partial charge on any atom is 0.305 e. The number of aliphatic carboxylic acids is 1. The zero-order valence-corrected chi connectivity index (χ0v) is 11.3. The summed E-state index contributed by atoms with van der Waals surface area (Å²) in [5.74, 6) is -1.60. The van der Waals surface area contributed by atoms with Crippen LogP contribution in [0.5, 0.6) is 0 Å². The van der Waals surface area contributed by atoms with Gasteiger partial charge in [0, 0.05) is 18.9 Å². The van der Waals surface area contributed by atoms with Crippen molar-refractivity contribution in [2.45, 2.75) is 19.0 Å². The second-order valence-corrected chi connectivity index (χ2v) is 4.50. The van der Waals surface area contributed by atoms with Crippen molar-refractivity contribution in [3.8, 4) is 5.69 Å². The van der Waals surface area contributed by atoms with Crippen molar-refractivity contribution in [3.05, 3.63) is 48.3 Å². The van der Waals surface area contributed by atoms with E-state index >= 15 is 0 Å². The van der Waals surface area contributed by atoms with E-state index in [1.54, 1.807) is 23.1 Å². The number of carboxylic acids is 1. The Labute approximate surface area is 121 Å². The number of amides is 1. The second-order valence-electron chi connectivity index (χ2n) is 4.50. The Bertz CT molecular complexity index is 625. The lowest BCUT2D eigenvalue weighted by molar-refractivity contribution is -0.139. The molecule has 0 aliphatic carbocycles. The van der Waals surface area contributed by atoms with Crippen LogP contribution in [-0.2, 0) is 16.1 Å². The fourth-order valence-electron chi connectivity index (χ4n) is 1.89. The van der Waals surface area contributed by atoms with Gasteiger partial charge in [-0.2, -0.15) is 5.10 Å². The molecule has 2 rings (SSSR count). The van der Waals surface area contributed by atoms with Crippen molar-refractivity contribution in [1.29, 1.82) is 0 Å². The SMILES string of the molecule is NC(CC(=O)O)C(=O)NCc1ccccc1-n1cccn1. The minimum atomic E-state index is -1.10. The highest BCUT2D eigenvalue weighted by Gasteiger charge is 2.17. The van der Waals surface area contributed by atoms with Crippen LogP contribution < -0.4 is 11.1 Å². The Morgan fingerprint density at radius 1 is 1.33 bits per heavy atom. The Balaban J connectivity index is 2.04. The van der Waals surface area contributed by atoms with Crippen molar-refractivity contribution >= 4 is 11.9 Å². The van der Waals surface area contributed by atoms with Crippen LogP contribution in [0.1, 0.15) is 12.0 Å². The maximum absolute atomic E-state index is 11.7. The van der Waals surface area contributed by atoms with Crippen LogP contribution in [0.2, 0.25) is 0 Å². The first-order valence-electron chi connectivity index (χ1n) is 6.41. The maximum atomic E-state index is 11.7. The molecule has 0 fully saturated rings. The molecule has 1 unspecified atom stereocenters. The molecule has 0 bridgehead atoms. The number of hydrogen-bond donors (Lipinski definition) is 3. The van der Waals surface area contributed by atoms with Crippen LogP contribution in [0.25, 0.3) is 5.69 Å². The van der Waals surface area contributed by atoms with E-state index in [4.69, 9.17) is 10.8 Å². The Morgan fingerprint density at radius 2 is 2.10 bits per heavy atom. The van der Waals surface area contributed by atoms with Crippen LogP contribution in [0.4, 0.5) is 0 Å². The molecule has 0 aliphatic rings. The van der Waals surface area contributed by atoms with E-state index in [2.05, 4.69) is 10.4 Å². The number of rotatable bonds is 6. The molecule has 4 N–H and O–H groups in total. The number of aromatic nitrogens is 2. The van der Waals surface area contributed by atoms with Gasteiger partial charge in [0.25, 0.3) is 0 Å². The summed E-state index contributed by atoms with van der Waals surface area (Å²) in [5.41, 5.74) is 7.21. The highest BCUT2D eigenvalue weighted by atomic mass is 16.4. The molecule has 1 amide bonds. The highest BCUT2D eigenvalue weighted by molar-refractivity contribution is 5.85. The first-order valence-corrected chi connectivity index (χ1v) is 6.41. The third kappa shape index (κ3) is 3.90. The number of nitrogens with zero attached hydrogens (tertiary/aromatic N) is 2. The van der Waals surface area contributed by atoms with Crippen LogP contribution in [0, 0.1) is 0 Å². The Kier molecular flexibility index (Phi) is 4.68. The van der Waals surface area contributed by atoms with E-state index in [-0.39, 0.29) is 6.54 Å². The van der Waals surface area contributed by atoms with Crippen LogP contribution in [0.3, 0.4) is 0 Å². The summed E-state index contributed by atoms with van der Waals surface area (Å²) in [5, 5.41) is 15.4. The topological polar surface area (TPSA) is 110 Å². The third-order valence-electron chi connectivity index (χ3n) is 2.93. The lowest BCUT2D eigenvalue weighted by atomic mass is 10.1. The predicted molar refractivity (Wildman–Crippen MR) is 75.6 cm³/mol. The van der Waals surface area contributed by atoms with Gasteiger partial charge in [0.15, 0.2) is 0 Å². The molecule has 0 radical (unpaired) electrons. The van der Waals surface area contributed by atoms with E-state index in [1.165, 1.54) is 0 Å². The molecule has 0 aliphatic heterocycles. The third-order valence-corrected chi connectivity index (χ3v) is 2.93. The molecule has 0 saturated heterocycles. The first-order chi connectivity index (χ1) is 10.1. The molecule has 110 valence electrons. The fraction of sp³-hybridized carbons (Fsp3) is 0.214. The molecule has 1 heterocycles. The molecular weight excluding hydrogens is 272 g/mol. The monoisotopic (exact) mass is 288 g/mol. The first kappa shape index (κ1) is 14.7. The van der Waals surface area contributed by atoms with E-state index in [1.807, 2.05) is 24.3 Å². The Morgan fingerprint density at radius 3 is 2.76 bits per heavy atom. The molecule has 7 nitrogen and oxygen atoms in total. The zero-order chi connectivity index (χ0) is 15.2. The summed E-state index contributed by atoms with van der Waals surface area (Å²) >= 11 is 0. The normalized spacial score (nSPS) is 11.9. The van der Waals surface area contributed by atoms with E-state index in [9.17, 15) is 9.59 Å². The summed E-state index contributed by atoms with van der Waals surface area (Å²) < 4.78 is 1.69. The molecule has 0 spiro atoms. The number of carboxylic acid groups (broad SMARTS) is 1. The summed E-state index contributed by atoms with van der Waals surface area (Å²) in [6.07, 6.45) is 3.07. The average Bonchev–Trinajstić information content (AvgIpc) is 2.98. The fourth-order valence-corrected chi connectivity index (χ4v) is 1.89. The lowest BCUT2D eigenvalue weighted by Gasteiger charge is -2.13. The molecular formula is C14H16N4O3. The minimum absolute atomic E-state index is 0.252. The number of benzene rings is 1. The van der Waals surface area contributed by atoms with Crippen LogP contribution in [-0.4, -0.2) is 32.8 Å². The molecule has 7 heteroatoms. The van der Waals surface area contributed by atoms with Gasteiger partial charge < -0.3 is 16.2 Å². The largest absolute Gasteiger partial charge is 0.481 e. The van der Waals surface area contributed by atoms with Gasteiger partial charge in [0.2, 0.25) is 5.91 Å². The number of para-hydroxylation sites is 1. The van der Waals surface area contributed by atoms with Crippen molar-refractivity contribution in [2.75, 3.05) is 0 Å². The van der Waals surface area contributed by atoms with Gasteiger partial charge in [-0.1, -0.05) is 18.2 Å². The molecule has 1 aromatic heterocycles. The predicted octanol–water partition coefficient (Wildman–Crippen LogP) is 0.291. The van der Waals surface area contributed by atoms with E-state index in [0.717, 1.165) is 11.3 Å². The number of nitrogens with two attached hydrogens (primary N) is 1. The van der Waals surface area contributed by atoms with Crippen LogP contribution >= 0.6 is 0 Å². The zero-order valence-electron chi connectivity index (χ0n) is 11.3. The highest BCUT2D eigenvalue weighted by Crippen LogP contribution is 2.13. The van der Waals surface area contributed by atoms with E-state index in [0.29, 0.717) is 0 Å². The van der Waals surface area contributed by atoms with Gasteiger partial charge in [-0.25, -0.2) is 4.68 Å². The number of carbonyl (C=O) groups is 2. The summed E-state index contributed by atoms with van der Waals surface area (Å²) in [7, 11) is 0. The standard InChI is InChI=1S/C14H16N4O3/c15-11(8-13(19)20)14(21)16-9-10-4-1-2-5-12(10)18-7-3-6-17-18/h1-7,11H,8-9,15H2,(H,16,21)(H,19,20). The summed E-state index contributed by atoms with van der Waals surface area (Å²) in [6.45, 7) is 0.252. The van der Waals surface area contributed by atoms with E-state index < -0.39 is 24.3 Å².